The van der Waals surface area contributed by atoms with Gasteiger partial charge in [-0.25, -0.2) is 0 Å². The van der Waals surface area contributed by atoms with E-state index in [1.165, 1.54) is 21.7 Å². The largest absolute Gasteiger partial charge is 0.497 e. The van der Waals surface area contributed by atoms with Crippen LogP contribution in [0.4, 0.5) is 11.4 Å². The van der Waals surface area contributed by atoms with Crippen LogP contribution in [0, 0.1) is 19.8 Å². The fourth-order valence-electron chi connectivity index (χ4n) is 6.75. The molecule has 0 spiro atoms. The Morgan fingerprint density at radius 2 is 1.48 bits per heavy atom. The van der Waals surface area contributed by atoms with Crippen molar-refractivity contribution in [1.82, 2.24) is 9.80 Å². The molecule has 3 heterocycles. The maximum atomic E-state index is 13.7. The molecule has 3 aromatic carbocycles. The first-order valence-electron chi connectivity index (χ1n) is 15.4. The van der Waals surface area contributed by atoms with Gasteiger partial charge in [0.2, 0.25) is 5.91 Å². The van der Waals surface area contributed by atoms with E-state index in [4.69, 9.17) is 9.47 Å². The van der Waals surface area contributed by atoms with E-state index in [1.54, 1.807) is 32.4 Å². The van der Waals surface area contributed by atoms with Crippen LogP contribution in [-0.2, 0) is 11.3 Å². The lowest BCUT2D eigenvalue weighted by Crippen LogP contribution is -2.52. The molecule has 0 saturated carbocycles. The van der Waals surface area contributed by atoms with E-state index >= 15 is 0 Å². The molecule has 2 fully saturated rings. The molecule has 0 aromatic heterocycles. The lowest BCUT2D eigenvalue weighted by atomic mass is 9.93. The molecule has 0 atom stereocenters. The number of ether oxygens (including phenoxy) is 2. The average Bonchev–Trinajstić information content (AvgIpc) is 3.30. The molecule has 3 aliphatic heterocycles. The van der Waals surface area contributed by atoms with Gasteiger partial charge in [-0.05, 0) is 68.1 Å². The summed E-state index contributed by atoms with van der Waals surface area (Å²) in [5.74, 6) is 0.769. The number of hydrogen-bond donors (Lipinski definition) is 0. The number of carbonyl (C=O) groups excluding carboxylic acids is 3. The number of rotatable bonds is 7. The third-order valence-corrected chi connectivity index (χ3v) is 9.49. The molecule has 3 aliphatic rings. The van der Waals surface area contributed by atoms with Crippen LogP contribution in [0.3, 0.4) is 0 Å². The Labute approximate surface area is 258 Å². The highest BCUT2D eigenvalue weighted by Crippen LogP contribution is 2.36. The Bertz CT molecular complexity index is 1590. The summed E-state index contributed by atoms with van der Waals surface area (Å²) in [7, 11) is 3.13. The Morgan fingerprint density at radius 3 is 2.18 bits per heavy atom. The second kappa shape index (κ2) is 12.2. The Balaban J connectivity index is 1.09. The van der Waals surface area contributed by atoms with Crippen molar-refractivity contribution in [3.8, 4) is 11.5 Å². The molecule has 44 heavy (non-hydrogen) atoms. The van der Waals surface area contributed by atoms with Crippen molar-refractivity contribution < 1.29 is 23.9 Å². The van der Waals surface area contributed by atoms with Gasteiger partial charge in [0.05, 0.1) is 37.6 Å². The zero-order chi connectivity index (χ0) is 31.0. The zero-order valence-corrected chi connectivity index (χ0v) is 26.0. The summed E-state index contributed by atoms with van der Waals surface area (Å²) in [5, 5.41) is 0. The van der Waals surface area contributed by atoms with Crippen LogP contribution in [0.25, 0.3) is 0 Å². The van der Waals surface area contributed by atoms with E-state index in [1.807, 2.05) is 23.1 Å². The van der Waals surface area contributed by atoms with Crippen LogP contribution in [0.5, 0.6) is 11.5 Å². The van der Waals surface area contributed by atoms with Crippen LogP contribution in [-0.4, -0.2) is 81.0 Å². The lowest BCUT2D eigenvalue weighted by Gasteiger charge is -2.40. The van der Waals surface area contributed by atoms with Gasteiger partial charge in [0, 0.05) is 62.5 Å². The molecule has 0 bridgehead atoms. The molecule has 6 rings (SSSR count). The predicted octanol–water partition coefficient (Wildman–Crippen LogP) is 4.68. The van der Waals surface area contributed by atoms with Gasteiger partial charge in [-0.3, -0.25) is 19.3 Å². The first-order valence-corrected chi connectivity index (χ1v) is 15.4. The first kappa shape index (κ1) is 29.5. The van der Waals surface area contributed by atoms with Crippen molar-refractivity contribution in [1.29, 1.82) is 0 Å². The summed E-state index contributed by atoms with van der Waals surface area (Å²) in [5.41, 5.74) is 6.19. The van der Waals surface area contributed by atoms with Crippen LogP contribution in [0.2, 0.25) is 0 Å². The monoisotopic (exact) mass is 596 g/mol. The molecule has 0 N–H and O–H groups in total. The van der Waals surface area contributed by atoms with Crippen LogP contribution >= 0.6 is 0 Å². The smallest absolute Gasteiger partial charge is 0.263 e. The molecule has 0 radical (unpaired) electrons. The van der Waals surface area contributed by atoms with Gasteiger partial charge < -0.3 is 24.2 Å². The number of piperidine rings is 1. The number of nitrogens with zero attached hydrogens (tertiary/aromatic N) is 4. The molecule has 0 unspecified atom stereocenters. The molecule has 2 saturated heterocycles. The van der Waals surface area contributed by atoms with Crippen molar-refractivity contribution in [2.75, 3.05) is 63.3 Å². The molecular weight excluding hydrogens is 556 g/mol. The second-order valence-electron chi connectivity index (χ2n) is 11.9. The fraction of sp³-hybridized carbons (Fsp3) is 0.400. The summed E-state index contributed by atoms with van der Waals surface area (Å²) < 4.78 is 10.8. The minimum atomic E-state index is -0.310. The summed E-state index contributed by atoms with van der Waals surface area (Å²) in [6.07, 6.45) is 1.43. The van der Waals surface area contributed by atoms with E-state index < -0.39 is 0 Å². The van der Waals surface area contributed by atoms with Crippen molar-refractivity contribution in [2.24, 2.45) is 5.92 Å². The second-order valence-corrected chi connectivity index (χ2v) is 11.9. The fourth-order valence-corrected chi connectivity index (χ4v) is 6.75. The standard InChI is InChI=1S/C35H40N4O5/c1-23-7-5-9-29(24(23)2)37-17-19-38(20-18-37)33(40)25-13-15-36(16-14-25)30-10-6-8-28-32(30)35(42)39(34(28)41)22-26-11-12-27(43-3)21-31(26)44-4/h5-12,21,25H,13-20,22H2,1-4H3. The molecule has 0 aliphatic carbocycles. The normalized spacial score (nSPS) is 17.3. The SMILES string of the molecule is COc1ccc(CN2C(=O)c3cccc(N4CCC(C(=O)N5CCN(c6cccc(C)c6C)CC5)CC4)c3C2=O)c(OC)c1. The van der Waals surface area contributed by atoms with Gasteiger partial charge in [-0.1, -0.05) is 18.2 Å². The van der Waals surface area contributed by atoms with E-state index in [0.717, 1.165) is 37.4 Å². The van der Waals surface area contributed by atoms with Gasteiger partial charge >= 0.3 is 0 Å². The zero-order valence-electron chi connectivity index (χ0n) is 26.0. The maximum Gasteiger partial charge on any atom is 0.263 e. The van der Waals surface area contributed by atoms with E-state index in [9.17, 15) is 14.4 Å². The van der Waals surface area contributed by atoms with E-state index in [2.05, 4.69) is 41.8 Å². The van der Waals surface area contributed by atoms with Crippen molar-refractivity contribution >= 4 is 29.1 Å². The topological polar surface area (TPSA) is 82.6 Å². The number of anilines is 2. The Kier molecular flexibility index (Phi) is 8.21. The predicted molar refractivity (Wildman–Crippen MR) is 170 cm³/mol. The Hall–Kier alpha value is -4.53. The number of fused-ring (bicyclic) bond motifs is 1. The summed E-state index contributed by atoms with van der Waals surface area (Å²) in [6, 6.07) is 17.2. The molecule has 3 aromatic rings. The average molecular weight is 597 g/mol. The highest BCUT2D eigenvalue weighted by atomic mass is 16.5. The molecule has 230 valence electrons. The van der Waals surface area contributed by atoms with E-state index in [-0.39, 0.29) is 30.2 Å². The molecule has 9 heteroatoms. The molecule has 9 nitrogen and oxygen atoms in total. The minimum Gasteiger partial charge on any atom is -0.497 e. The highest BCUT2D eigenvalue weighted by molar-refractivity contribution is 6.23. The number of piperazine rings is 1. The Morgan fingerprint density at radius 1 is 0.795 bits per heavy atom. The first-order chi connectivity index (χ1) is 21.3. The van der Waals surface area contributed by atoms with Crippen molar-refractivity contribution in [3.05, 3.63) is 82.4 Å². The quantitative estimate of drug-likeness (QED) is 0.367. The summed E-state index contributed by atoms with van der Waals surface area (Å²) >= 11 is 0. The minimum absolute atomic E-state index is 0.0355. The van der Waals surface area contributed by atoms with Crippen LogP contribution < -0.4 is 19.3 Å². The van der Waals surface area contributed by atoms with Crippen molar-refractivity contribution in [3.63, 3.8) is 0 Å². The molecule has 3 amide bonds. The molecular formula is C35H40N4O5. The van der Waals surface area contributed by atoms with E-state index in [0.29, 0.717) is 48.6 Å². The number of methoxy groups -OCH3 is 2. The number of benzene rings is 3. The van der Waals surface area contributed by atoms with Crippen LogP contribution in [0.15, 0.2) is 54.6 Å². The number of carbonyl (C=O) groups is 3. The van der Waals surface area contributed by atoms with Crippen molar-refractivity contribution in [2.45, 2.75) is 33.2 Å². The van der Waals surface area contributed by atoms with Gasteiger partial charge in [-0.2, -0.15) is 0 Å². The van der Waals surface area contributed by atoms with Gasteiger partial charge in [-0.15, -0.1) is 0 Å². The number of aryl methyl sites for hydroxylation is 1. The van der Waals surface area contributed by atoms with Crippen LogP contribution in [0.1, 0.15) is 50.2 Å². The third kappa shape index (κ3) is 5.36. The summed E-state index contributed by atoms with van der Waals surface area (Å²) in [4.78, 5) is 48.5. The maximum absolute atomic E-state index is 13.7. The number of amides is 3. The van der Waals surface area contributed by atoms with Gasteiger partial charge in [0.15, 0.2) is 0 Å². The summed E-state index contributed by atoms with van der Waals surface area (Å²) in [6.45, 7) is 8.84. The van der Waals surface area contributed by atoms with Gasteiger partial charge in [0.1, 0.15) is 11.5 Å². The number of hydrogen-bond acceptors (Lipinski definition) is 7. The highest BCUT2D eigenvalue weighted by Gasteiger charge is 2.40. The lowest BCUT2D eigenvalue weighted by molar-refractivity contribution is -0.136. The number of imide groups is 1. The third-order valence-electron chi connectivity index (χ3n) is 9.49. The van der Waals surface area contributed by atoms with Gasteiger partial charge in [0.25, 0.3) is 11.8 Å².